The zero-order chi connectivity index (χ0) is 14.8. The molecule has 1 aliphatic heterocycles. The molecular weight excluding hydrogens is 269 g/mol. The van der Waals surface area contributed by atoms with Crippen LogP contribution in [0, 0.1) is 5.92 Å². The fourth-order valence-electron chi connectivity index (χ4n) is 2.35. The molecule has 1 aromatic carbocycles. The van der Waals surface area contributed by atoms with Crippen molar-refractivity contribution in [3.63, 3.8) is 0 Å². The molecule has 1 unspecified atom stereocenters. The van der Waals surface area contributed by atoms with E-state index in [4.69, 9.17) is 0 Å². The Morgan fingerprint density at radius 2 is 2.15 bits per heavy atom. The standard InChI is InChI=1S/C14H17F3N2O/c1-10-4-3-7-19(9-10)13(20)18-12-6-2-5-11(8-12)14(15,16)17/h2,5-6,8,10H,3-4,7,9H2,1H3,(H,18,20). The molecule has 1 heterocycles. The van der Waals surface area contributed by atoms with Gasteiger partial charge >= 0.3 is 12.2 Å². The molecular formula is C14H17F3N2O. The molecule has 0 aromatic heterocycles. The number of anilines is 1. The van der Waals surface area contributed by atoms with E-state index < -0.39 is 11.7 Å². The summed E-state index contributed by atoms with van der Waals surface area (Å²) in [6, 6.07) is 4.35. The minimum atomic E-state index is -4.40. The molecule has 2 rings (SSSR count). The van der Waals surface area contributed by atoms with E-state index in [0.29, 0.717) is 19.0 Å². The van der Waals surface area contributed by atoms with Crippen molar-refractivity contribution in [3.8, 4) is 0 Å². The van der Waals surface area contributed by atoms with E-state index in [0.717, 1.165) is 25.0 Å². The summed E-state index contributed by atoms with van der Waals surface area (Å²) in [7, 11) is 0. The number of amides is 2. The third-order valence-corrected chi connectivity index (χ3v) is 3.39. The van der Waals surface area contributed by atoms with E-state index in [1.807, 2.05) is 0 Å². The van der Waals surface area contributed by atoms with Crippen LogP contribution in [0.2, 0.25) is 0 Å². The summed E-state index contributed by atoms with van der Waals surface area (Å²) in [6.07, 6.45) is -2.40. The highest BCUT2D eigenvalue weighted by molar-refractivity contribution is 5.89. The summed E-state index contributed by atoms with van der Waals surface area (Å²) in [5.74, 6) is 0.427. The Morgan fingerprint density at radius 3 is 2.80 bits per heavy atom. The number of likely N-dealkylation sites (tertiary alicyclic amines) is 1. The van der Waals surface area contributed by atoms with Crippen molar-refractivity contribution in [1.82, 2.24) is 4.90 Å². The number of piperidine rings is 1. The van der Waals surface area contributed by atoms with Crippen molar-refractivity contribution in [3.05, 3.63) is 29.8 Å². The first kappa shape index (κ1) is 14.7. The van der Waals surface area contributed by atoms with Gasteiger partial charge in [-0.15, -0.1) is 0 Å². The second-order valence-electron chi connectivity index (χ2n) is 5.20. The zero-order valence-electron chi connectivity index (χ0n) is 11.2. The Balaban J connectivity index is 2.04. The molecule has 1 aromatic rings. The van der Waals surface area contributed by atoms with Gasteiger partial charge in [0.15, 0.2) is 0 Å². The minimum Gasteiger partial charge on any atom is -0.324 e. The first-order valence-corrected chi connectivity index (χ1v) is 6.59. The average Bonchev–Trinajstić information content (AvgIpc) is 2.38. The van der Waals surface area contributed by atoms with Crippen molar-refractivity contribution >= 4 is 11.7 Å². The summed E-state index contributed by atoms with van der Waals surface area (Å²) in [4.78, 5) is 13.7. The summed E-state index contributed by atoms with van der Waals surface area (Å²) < 4.78 is 37.8. The van der Waals surface area contributed by atoms with E-state index in [2.05, 4.69) is 12.2 Å². The number of halogens is 3. The predicted molar refractivity (Wildman–Crippen MR) is 70.4 cm³/mol. The third-order valence-electron chi connectivity index (χ3n) is 3.39. The second-order valence-corrected chi connectivity index (χ2v) is 5.20. The fraction of sp³-hybridized carbons (Fsp3) is 0.500. The predicted octanol–water partition coefficient (Wildman–Crippen LogP) is 3.97. The average molecular weight is 286 g/mol. The topological polar surface area (TPSA) is 32.3 Å². The number of hydrogen-bond donors (Lipinski definition) is 1. The Morgan fingerprint density at radius 1 is 1.40 bits per heavy atom. The zero-order valence-corrected chi connectivity index (χ0v) is 11.2. The number of hydrogen-bond acceptors (Lipinski definition) is 1. The number of carbonyl (C=O) groups excluding carboxylic acids is 1. The Kier molecular flexibility index (Phi) is 4.20. The molecule has 1 N–H and O–H groups in total. The maximum Gasteiger partial charge on any atom is 0.416 e. The van der Waals surface area contributed by atoms with Gasteiger partial charge in [-0.05, 0) is 37.0 Å². The van der Waals surface area contributed by atoms with E-state index in [-0.39, 0.29) is 11.7 Å². The van der Waals surface area contributed by atoms with Gasteiger partial charge in [-0.1, -0.05) is 13.0 Å². The summed E-state index contributed by atoms with van der Waals surface area (Å²) in [5.41, 5.74) is -0.592. The van der Waals surface area contributed by atoms with E-state index in [1.54, 1.807) is 4.90 Å². The van der Waals surface area contributed by atoms with Crippen LogP contribution in [0.4, 0.5) is 23.7 Å². The molecule has 1 saturated heterocycles. The van der Waals surface area contributed by atoms with Gasteiger partial charge in [-0.3, -0.25) is 0 Å². The lowest BCUT2D eigenvalue weighted by atomic mass is 10.0. The minimum absolute atomic E-state index is 0.169. The number of nitrogens with one attached hydrogen (secondary N) is 1. The van der Waals surface area contributed by atoms with Gasteiger partial charge in [0.1, 0.15) is 0 Å². The van der Waals surface area contributed by atoms with Gasteiger partial charge in [-0.25, -0.2) is 4.79 Å². The number of urea groups is 1. The van der Waals surface area contributed by atoms with E-state index >= 15 is 0 Å². The van der Waals surface area contributed by atoms with Crippen LogP contribution in [0.5, 0.6) is 0 Å². The lowest BCUT2D eigenvalue weighted by Crippen LogP contribution is -2.41. The van der Waals surface area contributed by atoms with Crippen molar-refractivity contribution < 1.29 is 18.0 Å². The van der Waals surface area contributed by atoms with Gasteiger partial charge in [0.2, 0.25) is 0 Å². The highest BCUT2D eigenvalue weighted by Gasteiger charge is 2.30. The molecule has 0 spiro atoms. The van der Waals surface area contributed by atoms with Crippen LogP contribution in [-0.4, -0.2) is 24.0 Å². The molecule has 1 aliphatic rings. The van der Waals surface area contributed by atoms with Crippen molar-refractivity contribution in [2.24, 2.45) is 5.92 Å². The lowest BCUT2D eigenvalue weighted by molar-refractivity contribution is -0.137. The SMILES string of the molecule is CC1CCCN(C(=O)Nc2cccc(C(F)(F)F)c2)C1. The van der Waals surface area contributed by atoms with Crippen molar-refractivity contribution in [1.29, 1.82) is 0 Å². The molecule has 110 valence electrons. The maximum absolute atomic E-state index is 12.6. The van der Waals surface area contributed by atoms with Crippen LogP contribution in [-0.2, 0) is 6.18 Å². The quantitative estimate of drug-likeness (QED) is 0.832. The van der Waals surface area contributed by atoms with Gasteiger partial charge in [0.25, 0.3) is 0 Å². The smallest absolute Gasteiger partial charge is 0.324 e. The first-order valence-electron chi connectivity index (χ1n) is 6.59. The Labute approximate surface area is 115 Å². The second kappa shape index (κ2) is 5.73. The molecule has 6 heteroatoms. The fourth-order valence-corrected chi connectivity index (χ4v) is 2.35. The highest BCUT2D eigenvalue weighted by Crippen LogP contribution is 2.30. The third kappa shape index (κ3) is 3.65. The van der Waals surface area contributed by atoms with Crippen LogP contribution in [0.25, 0.3) is 0 Å². The highest BCUT2D eigenvalue weighted by atomic mass is 19.4. The number of benzene rings is 1. The van der Waals surface area contributed by atoms with Crippen molar-refractivity contribution in [2.45, 2.75) is 25.9 Å². The van der Waals surface area contributed by atoms with E-state index in [9.17, 15) is 18.0 Å². The molecule has 0 radical (unpaired) electrons. The summed E-state index contributed by atoms with van der Waals surface area (Å²) in [6.45, 7) is 3.35. The molecule has 2 amide bonds. The summed E-state index contributed by atoms with van der Waals surface area (Å²) >= 11 is 0. The normalized spacial score (nSPS) is 19.8. The van der Waals surface area contributed by atoms with Gasteiger partial charge in [0, 0.05) is 18.8 Å². The van der Waals surface area contributed by atoms with Crippen LogP contribution < -0.4 is 5.32 Å². The molecule has 3 nitrogen and oxygen atoms in total. The molecule has 1 atom stereocenters. The number of rotatable bonds is 1. The van der Waals surface area contributed by atoms with Gasteiger partial charge in [-0.2, -0.15) is 13.2 Å². The molecule has 20 heavy (non-hydrogen) atoms. The van der Waals surface area contributed by atoms with Crippen molar-refractivity contribution in [2.75, 3.05) is 18.4 Å². The molecule has 0 aliphatic carbocycles. The first-order chi connectivity index (χ1) is 9.36. The summed E-state index contributed by atoms with van der Waals surface area (Å²) in [5, 5.41) is 2.53. The van der Waals surface area contributed by atoms with Crippen LogP contribution in [0.1, 0.15) is 25.3 Å². The number of carbonyl (C=O) groups is 1. The number of alkyl halides is 3. The largest absolute Gasteiger partial charge is 0.416 e. The van der Waals surface area contributed by atoms with Crippen LogP contribution in [0.3, 0.4) is 0 Å². The Hall–Kier alpha value is -1.72. The molecule has 0 saturated carbocycles. The van der Waals surface area contributed by atoms with Gasteiger partial charge < -0.3 is 10.2 Å². The number of nitrogens with zero attached hydrogens (tertiary/aromatic N) is 1. The van der Waals surface area contributed by atoms with Crippen LogP contribution >= 0.6 is 0 Å². The monoisotopic (exact) mass is 286 g/mol. The van der Waals surface area contributed by atoms with Crippen LogP contribution in [0.15, 0.2) is 24.3 Å². The Bertz CT molecular complexity index is 488. The maximum atomic E-state index is 12.6. The molecule has 1 fully saturated rings. The van der Waals surface area contributed by atoms with Gasteiger partial charge in [0.05, 0.1) is 5.56 Å². The van der Waals surface area contributed by atoms with E-state index in [1.165, 1.54) is 12.1 Å². The lowest BCUT2D eigenvalue weighted by Gasteiger charge is -2.31. The molecule has 0 bridgehead atoms.